The largest absolute Gasteiger partial charge is 0.497 e. The second-order valence-electron chi connectivity index (χ2n) is 10.4. The highest BCUT2D eigenvalue weighted by molar-refractivity contribution is 7.92. The Labute approximate surface area is 249 Å². The summed E-state index contributed by atoms with van der Waals surface area (Å²) in [4.78, 5) is 28.6. The van der Waals surface area contributed by atoms with Crippen LogP contribution in [0.25, 0.3) is 0 Å². The molecule has 0 aliphatic carbocycles. The summed E-state index contributed by atoms with van der Waals surface area (Å²) in [6.45, 7) is 9.81. The molecule has 0 unspecified atom stereocenters. The molecule has 1 N–H and O–H groups in total. The van der Waals surface area contributed by atoms with Crippen molar-refractivity contribution in [1.29, 1.82) is 0 Å². The monoisotopic (exact) mass is 595 g/mol. The van der Waals surface area contributed by atoms with E-state index in [4.69, 9.17) is 9.47 Å². The molecule has 3 aromatic carbocycles. The van der Waals surface area contributed by atoms with Crippen LogP contribution in [0.2, 0.25) is 0 Å². The van der Waals surface area contributed by atoms with E-state index in [1.165, 1.54) is 17.0 Å². The first-order valence-corrected chi connectivity index (χ1v) is 15.4. The third-order valence-electron chi connectivity index (χ3n) is 6.66. The van der Waals surface area contributed by atoms with Gasteiger partial charge in [-0.2, -0.15) is 0 Å². The predicted octanol–water partition coefficient (Wildman–Crippen LogP) is 4.79. The number of rotatable bonds is 14. The molecule has 0 fully saturated rings. The fourth-order valence-corrected chi connectivity index (χ4v) is 5.66. The second kappa shape index (κ2) is 14.7. The van der Waals surface area contributed by atoms with Gasteiger partial charge in [0.15, 0.2) is 0 Å². The zero-order valence-corrected chi connectivity index (χ0v) is 26.0. The standard InChI is InChI=1S/C32H41N3O6S/c1-7-41-28-15-17-30(18-16-28)42(38,39)35(27-13-11-24(4)12-14-27)22-31(36)34(25(5)32(37)33-20-23(2)3)21-26-9-8-10-29(19-26)40-6/h8-19,23,25H,7,20-22H2,1-6H3,(H,33,37)/t25-/m1/s1. The molecule has 0 saturated carbocycles. The van der Waals surface area contributed by atoms with E-state index in [1.54, 1.807) is 68.6 Å². The zero-order valence-electron chi connectivity index (χ0n) is 25.2. The number of ether oxygens (including phenoxy) is 2. The van der Waals surface area contributed by atoms with E-state index in [-0.39, 0.29) is 23.3 Å². The molecule has 0 heterocycles. The smallest absolute Gasteiger partial charge is 0.264 e. The predicted molar refractivity (Wildman–Crippen MR) is 164 cm³/mol. The average Bonchev–Trinajstić information content (AvgIpc) is 2.98. The number of sulfonamides is 1. The van der Waals surface area contributed by atoms with Gasteiger partial charge in [-0.25, -0.2) is 8.42 Å². The van der Waals surface area contributed by atoms with Crippen molar-refractivity contribution >= 4 is 27.5 Å². The van der Waals surface area contributed by atoms with Crippen molar-refractivity contribution in [2.45, 2.75) is 52.1 Å². The lowest BCUT2D eigenvalue weighted by molar-refractivity contribution is -0.139. The molecule has 0 aliphatic heterocycles. The molecule has 9 nitrogen and oxygen atoms in total. The molecule has 3 aromatic rings. The van der Waals surface area contributed by atoms with Gasteiger partial charge in [-0.15, -0.1) is 0 Å². The fourth-order valence-electron chi connectivity index (χ4n) is 4.24. The highest BCUT2D eigenvalue weighted by Gasteiger charge is 2.32. The minimum absolute atomic E-state index is 0.0152. The second-order valence-corrected chi connectivity index (χ2v) is 12.3. The maximum Gasteiger partial charge on any atom is 0.264 e. The van der Waals surface area contributed by atoms with Crippen molar-refractivity contribution in [3.8, 4) is 11.5 Å². The van der Waals surface area contributed by atoms with E-state index in [0.29, 0.717) is 30.3 Å². The maximum absolute atomic E-state index is 14.0. The number of carbonyl (C=O) groups excluding carboxylic acids is 2. The molecule has 1 atom stereocenters. The molecule has 2 amide bonds. The Hall–Kier alpha value is -4.05. The Morgan fingerprint density at radius 2 is 1.60 bits per heavy atom. The van der Waals surface area contributed by atoms with Gasteiger partial charge in [-0.05, 0) is 80.8 Å². The van der Waals surface area contributed by atoms with Gasteiger partial charge in [0.2, 0.25) is 11.8 Å². The molecule has 0 radical (unpaired) electrons. The van der Waals surface area contributed by atoms with E-state index in [1.807, 2.05) is 33.8 Å². The van der Waals surface area contributed by atoms with Crippen LogP contribution in [-0.2, 0) is 26.2 Å². The summed E-state index contributed by atoms with van der Waals surface area (Å²) in [5, 5.41) is 2.89. The number of aryl methyl sites for hydroxylation is 1. The number of anilines is 1. The van der Waals surface area contributed by atoms with Crippen molar-refractivity contribution < 1.29 is 27.5 Å². The number of methoxy groups -OCH3 is 1. The lowest BCUT2D eigenvalue weighted by Crippen LogP contribution is -2.51. The summed E-state index contributed by atoms with van der Waals surface area (Å²) in [6.07, 6.45) is 0. The van der Waals surface area contributed by atoms with Gasteiger partial charge < -0.3 is 19.7 Å². The van der Waals surface area contributed by atoms with Crippen LogP contribution in [0.1, 0.15) is 38.8 Å². The third kappa shape index (κ3) is 8.48. The van der Waals surface area contributed by atoms with Crippen LogP contribution < -0.4 is 19.1 Å². The van der Waals surface area contributed by atoms with Crippen molar-refractivity contribution in [2.75, 3.05) is 31.1 Å². The first-order chi connectivity index (χ1) is 20.0. The molecular formula is C32H41N3O6S. The number of nitrogens with zero attached hydrogens (tertiary/aromatic N) is 2. The van der Waals surface area contributed by atoms with Gasteiger partial charge in [0.05, 0.1) is 24.3 Å². The van der Waals surface area contributed by atoms with Gasteiger partial charge in [0.25, 0.3) is 10.0 Å². The highest BCUT2D eigenvalue weighted by Crippen LogP contribution is 2.26. The summed E-state index contributed by atoms with van der Waals surface area (Å²) in [5.41, 5.74) is 2.02. The van der Waals surface area contributed by atoms with Gasteiger partial charge >= 0.3 is 0 Å². The van der Waals surface area contributed by atoms with E-state index in [2.05, 4.69) is 5.32 Å². The number of nitrogens with one attached hydrogen (secondary N) is 1. The quantitative estimate of drug-likeness (QED) is 0.288. The molecule has 226 valence electrons. The van der Waals surface area contributed by atoms with Gasteiger partial charge in [-0.3, -0.25) is 13.9 Å². The Balaban J connectivity index is 2.01. The summed E-state index contributed by atoms with van der Waals surface area (Å²) < 4.78 is 39.9. The van der Waals surface area contributed by atoms with Crippen molar-refractivity contribution in [2.24, 2.45) is 5.92 Å². The van der Waals surface area contributed by atoms with E-state index < -0.39 is 28.5 Å². The minimum Gasteiger partial charge on any atom is -0.497 e. The highest BCUT2D eigenvalue weighted by atomic mass is 32.2. The van der Waals surface area contributed by atoms with Gasteiger partial charge in [-0.1, -0.05) is 43.7 Å². The van der Waals surface area contributed by atoms with Crippen molar-refractivity contribution in [3.63, 3.8) is 0 Å². The molecule has 10 heteroatoms. The first-order valence-electron chi connectivity index (χ1n) is 14.0. The minimum atomic E-state index is -4.17. The van der Waals surface area contributed by atoms with Gasteiger partial charge in [0.1, 0.15) is 24.1 Å². The summed E-state index contributed by atoms with van der Waals surface area (Å²) in [6, 6.07) is 19.3. The number of benzene rings is 3. The number of hydrogen-bond acceptors (Lipinski definition) is 6. The van der Waals surface area contributed by atoms with Crippen LogP contribution in [0.5, 0.6) is 11.5 Å². The van der Waals surface area contributed by atoms with Crippen LogP contribution in [0.15, 0.2) is 77.7 Å². The fraction of sp³-hybridized carbons (Fsp3) is 0.375. The van der Waals surface area contributed by atoms with E-state index in [0.717, 1.165) is 15.4 Å². The van der Waals surface area contributed by atoms with Crippen LogP contribution in [0.3, 0.4) is 0 Å². The molecule has 3 rings (SSSR count). The number of carbonyl (C=O) groups is 2. The lowest BCUT2D eigenvalue weighted by atomic mass is 10.1. The topological polar surface area (TPSA) is 105 Å². The Bertz CT molecular complexity index is 1440. The lowest BCUT2D eigenvalue weighted by Gasteiger charge is -2.32. The maximum atomic E-state index is 14.0. The van der Waals surface area contributed by atoms with Crippen LogP contribution in [0, 0.1) is 12.8 Å². The Morgan fingerprint density at radius 1 is 0.929 bits per heavy atom. The summed E-state index contributed by atoms with van der Waals surface area (Å²) >= 11 is 0. The third-order valence-corrected chi connectivity index (χ3v) is 8.45. The SMILES string of the molecule is CCOc1ccc(S(=O)(=O)N(CC(=O)N(Cc2cccc(OC)c2)[C@H](C)C(=O)NCC(C)C)c2ccc(C)cc2)cc1. The van der Waals surface area contributed by atoms with E-state index >= 15 is 0 Å². The Kier molecular flexibility index (Phi) is 11.4. The molecule has 0 aliphatic rings. The zero-order chi connectivity index (χ0) is 30.9. The molecular weight excluding hydrogens is 554 g/mol. The molecule has 0 saturated heterocycles. The Morgan fingerprint density at radius 3 is 2.19 bits per heavy atom. The summed E-state index contributed by atoms with van der Waals surface area (Å²) in [5.74, 6) is 0.521. The van der Waals surface area contributed by atoms with E-state index in [9.17, 15) is 18.0 Å². The molecule has 0 bridgehead atoms. The molecule has 0 aromatic heterocycles. The normalized spacial score (nSPS) is 12.0. The summed E-state index contributed by atoms with van der Waals surface area (Å²) in [7, 11) is -2.62. The first kappa shape index (κ1) is 32.5. The van der Waals surface area contributed by atoms with Crippen LogP contribution >= 0.6 is 0 Å². The molecule has 42 heavy (non-hydrogen) atoms. The van der Waals surface area contributed by atoms with Gasteiger partial charge in [0, 0.05) is 13.1 Å². The number of hydrogen-bond donors (Lipinski definition) is 1. The number of amides is 2. The average molecular weight is 596 g/mol. The van der Waals surface area contributed by atoms with Crippen molar-refractivity contribution in [1.82, 2.24) is 10.2 Å². The van der Waals surface area contributed by atoms with Crippen LogP contribution in [-0.4, -0.2) is 58.0 Å². The van der Waals surface area contributed by atoms with Crippen molar-refractivity contribution in [3.05, 3.63) is 83.9 Å². The van der Waals surface area contributed by atoms with Crippen LogP contribution in [0.4, 0.5) is 5.69 Å². The molecule has 0 spiro atoms.